The quantitative estimate of drug-likeness (QED) is 0.573. The Morgan fingerprint density at radius 1 is 1.24 bits per heavy atom. The van der Waals surface area contributed by atoms with E-state index < -0.39 is 0 Å². The number of phenolic OH excluding ortho intramolecular Hbond substituents is 1. The van der Waals surface area contributed by atoms with Crippen LogP contribution in [0.5, 0.6) is 5.75 Å². The molecular formula is C15H10N4OS. The number of hydrogen-bond donors (Lipinski definition) is 2. The molecule has 0 bridgehead atoms. The number of nitriles is 1. The monoisotopic (exact) mass is 294 g/mol. The minimum atomic E-state index is 0.133. The highest BCUT2D eigenvalue weighted by Crippen LogP contribution is 2.22. The third kappa shape index (κ3) is 2.83. The van der Waals surface area contributed by atoms with Crippen molar-refractivity contribution < 1.29 is 5.11 Å². The predicted octanol–water partition coefficient (Wildman–Crippen LogP) is 3.34. The fourth-order valence-corrected chi connectivity index (χ4v) is 2.70. The molecule has 102 valence electrons. The van der Waals surface area contributed by atoms with Crippen LogP contribution in [-0.2, 0) is 0 Å². The van der Waals surface area contributed by atoms with Crippen LogP contribution >= 0.6 is 11.3 Å². The van der Waals surface area contributed by atoms with E-state index in [4.69, 9.17) is 0 Å². The molecule has 5 nitrogen and oxygen atoms in total. The van der Waals surface area contributed by atoms with Gasteiger partial charge in [-0.1, -0.05) is 18.2 Å². The van der Waals surface area contributed by atoms with Crippen LogP contribution in [0.3, 0.4) is 0 Å². The first-order chi connectivity index (χ1) is 10.3. The van der Waals surface area contributed by atoms with Gasteiger partial charge in [-0.3, -0.25) is 5.43 Å². The Hall–Kier alpha value is -2.91. The van der Waals surface area contributed by atoms with E-state index in [1.165, 1.54) is 17.4 Å². The molecule has 0 atom stereocenters. The van der Waals surface area contributed by atoms with Crippen molar-refractivity contribution in [2.45, 2.75) is 0 Å². The van der Waals surface area contributed by atoms with Crippen LogP contribution in [0.2, 0.25) is 0 Å². The van der Waals surface area contributed by atoms with Crippen molar-refractivity contribution in [2.75, 3.05) is 5.43 Å². The number of para-hydroxylation sites is 1. The van der Waals surface area contributed by atoms with Crippen LogP contribution in [0.25, 0.3) is 10.2 Å². The number of hydrazone groups is 1. The van der Waals surface area contributed by atoms with Crippen LogP contribution in [0.4, 0.5) is 5.69 Å². The Morgan fingerprint density at radius 2 is 2.10 bits per heavy atom. The Bertz CT molecular complexity index is 830. The zero-order chi connectivity index (χ0) is 14.7. The van der Waals surface area contributed by atoms with E-state index in [1.54, 1.807) is 18.2 Å². The van der Waals surface area contributed by atoms with Crippen molar-refractivity contribution in [1.82, 2.24) is 4.98 Å². The summed E-state index contributed by atoms with van der Waals surface area (Å²) in [5, 5.41) is 23.2. The van der Waals surface area contributed by atoms with Crippen molar-refractivity contribution in [3.05, 3.63) is 53.5 Å². The number of thiazole rings is 1. The van der Waals surface area contributed by atoms with Gasteiger partial charge in [0, 0.05) is 6.07 Å². The fourth-order valence-electron chi connectivity index (χ4n) is 1.79. The molecule has 2 aromatic carbocycles. The maximum Gasteiger partial charge on any atom is 0.196 e. The highest BCUT2D eigenvalue weighted by Gasteiger charge is 2.09. The Labute approximate surface area is 124 Å². The number of aromatic hydroxyl groups is 1. The SMILES string of the molecule is N#C/C(=N\Nc1cccc(O)c1)c1nc2ccccc2s1. The first-order valence-corrected chi connectivity index (χ1v) is 6.97. The molecule has 0 saturated heterocycles. The summed E-state index contributed by atoms with van der Waals surface area (Å²) in [7, 11) is 0. The predicted molar refractivity (Wildman–Crippen MR) is 83.5 cm³/mol. The normalized spacial score (nSPS) is 11.3. The van der Waals surface area contributed by atoms with Crippen LogP contribution < -0.4 is 5.43 Å². The number of nitrogens with one attached hydrogen (secondary N) is 1. The highest BCUT2D eigenvalue weighted by atomic mass is 32.1. The van der Waals surface area contributed by atoms with Crippen molar-refractivity contribution >= 4 is 33.0 Å². The summed E-state index contributed by atoms with van der Waals surface area (Å²) in [6, 6.07) is 16.2. The number of phenols is 1. The molecule has 0 radical (unpaired) electrons. The van der Waals surface area contributed by atoms with E-state index in [1.807, 2.05) is 30.3 Å². The largest absolute Gasteiger partial charge is 0.508 e. The third-order valence-corrected chi connectivity index (χ3v) is 3.79. The smallest absolute Gasteiger partial charge is 0.196 e. The lowest BCUT2D eigenvalue weighted by Gasteiger charge is -2.00. The number of fused-ring (bicyclic) bond motifs is 1. The minimum absolute atomic E-state index is 0.133. The van der Waals surface area contributed by atoms with Crippen molar-refractivity contribution in [2.24, 2.45) is 5.10 Å². The lowest BCUT2D eigenvalue weighted by atomic mass is 10.3. The van der Waals surface area contributed by atoms with Crippen LogP contribution in [-0.4, -0.2) is 15.8 Å². The van der Waals surface area contributed by atoms with Gasteiger partial charge in [0.25, 0.3) is 0 Å². The first kappa shape index (κ1) is 13.1. The second-order valence-electron chi connectivity index (χ2n) is 4.22. The van der Waals surface area contributed by atoms with Gasteiger partial charge >= 0.3 is 0 Å². The van der Waals surface area contributed by atoms with Gasteiger partial charge in [-0.2, -0.15) is 10.4 Å². The van der Waals surface area contributed by atoms with E-state index in [0.29, 0.717) is 10.7 Å². The van der Waals surface area contributed by atoms with Crippen molar-refractivity contribution in [3.63, 3.8) is 0 Å². The van der Waals surface area contributed by atoms with Crippen molar-refractivity contribution in [3.8, 4) is 11.8 Å². The fraction of sp³-hybridized carbons (Fsp3) is 0. The molecule has 0 spiro atoms. The molecule has 0 fully saturated rings. The minimum Gasteiger partial charge on any atom is -0.508 e. The van der Waals surface area contributed by atoms with Gasteiger partial charge in [0.2, 0.25) is 0 Å². The average Bonchev–Trinajstić information content (AvgIpc) is 2.91. The molecule has 0 saturated carbocycles. The van der Waals surface area contributed by atoms with Gasteiger partial charge in [-0.25, -0.2) is 4.98 Å². The summed E-state index contributed by atoms with van der Waals surface area (Å²) in [5.74, 6) is 0.133. The molecule has 0 aliphatic rings. The second-order valence-corrected chi connectivity index (χ2v) is 5.25. The Kier molecular flexibility index (Phi) is 3.50. The first-order valence-electron chi connectivity index (χ1n) is 6.15. The summed E-state index contributed by atoms with van der Waals surface area (Å²) in [5.41, 5.74) is 4.41. The molecule has 1 aromatic heterocycles. The van der Waals surface area contributed by atoms with Crippen LogP contribution in [0, 0.1) is 11.3 Å². The van der Waals surface area contributed by atoms with E-state index in [0.717, 1.165) is 10.2 Å². The molecule has 0 aliphatic heterocycles. The van der Waals surface area contributed by atoms with E-state index in [-0.39, 0.29) is 11.5 Å². The average molecular weight is 294 g/mol. The number of benzene rings is 2. The lowest BCUT2D eigenvalue weighted by molar-refractivity contribution is 0.475. The van der Waals surface area contributed by atoms with Gasteiger partial charge in [0.05, 0.1) is 15.9 Å². The van der Waals surface area contributed by atoms with Crippen LogP contribution in [0.15, 0.2) is 53.6 Å². The third-order valence-electron chi connectivity index (χ3n) is 2.75. The molecule has 2 N–H and O–H groups in total. The number of nitrogens with zero attached hydrogens (tertiary/aromatic N) is 3. The summed E-state index contributed by atoms with van der Waals surface area (Å²) < 4.78 is 1.01. The van der Waals surface area contributed by atoms with Gasteiger partial charge in [-0.05, 0) is 24.3 Å². The zero-order valence-electron chi connectivity index (χ0n) is 10.8. The zero-order valence-corrected chi connectivity index (χ0v) is 11.6. The molecule has 3 aromatic rings. The second kappa shape index (κ2) is 5.61. The van der Waals surface area contributed by atoms with Gasteiger partial charge < -0.3 is 5.11 Å². The number of hydrogen-bond acceptors (Lipinski definition) is 6. The summed E-state index contributed by atoms with van der Waals surface area (Å²) in [4.78, 5) is 4.39. The molecule has 0 aliphatic carbocycles. The topological polar surface area (TPSA) is 81.3 Å². The standard InChI is InChI=1S/C15H10N4OS/c16-9-13(19-18-10-4-3-5-11(20)8-10)15-17-12-6-1-2-7-14(12)21-15/h1-8,18,20H/b19-13+. The van der Waals surface area contributed by atoms with E-state index >= 15 is 0 Å². The summed E-state index contributed by atoms with van der Waals surface area (Å²) in [6.07, 6.45) is 0. The van der Waals surface area contributed by atoms with Gasteiger partial charge in [-0.15, -0.1) is 11.3 Å². The molecule has 0 unspecified atom stereocenters. The molecule has 0 amide bonds. The van der Waals surface area contributed by atoms with E-state index in [2.05, 4.69) is 15.5 Å². The van der Waals surface area contributed by atoms with Crippen LogP contribution in [0.1, 0.15) is 5.01 Å². The van der Waals surface area contributed by atoms with Crippen molar-refractivity contribution in [1.29, 1.82) is 5.26 Å². The summed E-state index contributed by atoms with van der Waals surface area (Å²) >= 11 is 1.41. The maximum atomic E-state index is 9.38. The van der Waals surface area contributed by atoms with E-state index in [9.17, 15) is 10.4 Å². The molecule has 1 heterocycles. The number of rotatable bonds is 3. The molecular weight excluding hydrogens is 284 g/mol. The number of aromatic nitrogens is 1. The Morgan fingerprint density at radius 3 is 2.86 bits per heavy atom. The maximum absolute atomic E-state index is 9.38. The van der Waals surface area contributed by atoms with Gasteiger partial charge in [0.15, 0.2) is 10.7 Å². The number of anilines is 1. The highest BCUT2D eigenvalue weighted by molar-refractivity contribution is 7.20. The summed E-state index contributed by atoms with van der Waals surface area (Å²) in [6.45, 7) is 0. The molecule has 21 heavy (non-hydrogen) atoms. The lowest BCUT2D eigenvalue weighted by Crippen LogP contribution is -2.01. The molecule has 3 rings (SSSR count). The van der Waals surface area contributed by atoms with Gasteiger partial charge in [0.1, 0.15) is 11.8 Å². The molecule has 6 heteroatoms. The Balaban J connectivity index is 1.91.